The third-order valence-corrected chi connectivity index (χ3v) is 9.04. The van der Waals surface area contributed by atoms with Crippen molar-refractivity contribution in [1.82, 2.24) is 15.5 Å². The topological polar surface area (TPSA) is 215 Å². The average Bonchev–Trinajstić information content (AvgIpc) is 3.41. The molecular formula is C35H46N4O11S. The summed E-state index contributed by atoms with van der Waals surface area (Å²) in [6, 6.07) is 7.62. The van der Waals surface area contributed by atoms with Gasteiger partial charge >= 0.3 is 23.9 Å². The first-order chi connectivity index (χ1) is 23.9. The number of thioether (sulfide) groups is 1. The van der Waals surface area contributed by atoms with Gasteiger partial charge in [0.15, 0.2) is 23.7 Å². The zero-order chi connectivity index (χ0) is 38.0. The molecule has 3 rings (SSSR count). The molecule has 4 N–H and O–H groups in total. The van der Waals surface area contributed by atoms with Crippen LogP contribution in [0.5, 0.6) is 5.88 Å². The molecule has 1 saturated heterocycles. The van der Waals surface area contributed by atoms with E-state index in [0.29, 0.717) is 6.42 Å². The summed E-state index contributed by atoms with van der Waals surface area (Å²) in [5.41, 5.74) is 6.41. The van der Waals surface area contributed by atoms with Crippen LogP contribution in [0.3, 0.4) is 0 Å². The molecule has 2 heterocycles. The lowest BCUT2D eigenvalue weighted by Crippen LogP contribution is -2.59. The first kappa shape index (κ1) is 40.6. The fourth-order valence-corrected chi connectivity index (χ4v) is 6.58. The predicted octanol–water partition coefficient (Wildman–Crippen LogP) is 3.09. The summed E-state index contributed by atoms with van der Waals surface area (Å²) >= 11 is 1.09. The molecule has 1 aliphatic heterocycles. The number of nitrogens with two attached hydrogens (primary N) is 1. The van der Waals surface area contributed by atoms with Crippen molar-refractivity contribution >= 4 is 53.5 Å². The van der Waals surface area contributed by atoms with Crippen LogP contribution >= 0.6 is 11.8 Å². The molecule has 1 aliphatic rings. The standard InChI is InChI=1S/C35H46N4O11S/c1-18(2)28-25(16-24-14-12-23(13-15-24)10-9-11-27(44)37-35(7,8)34(36)45)32(39-38-28)50-33-31(49-22(6)43)30(48-21(5)42)29(47-20(4)41)26(51-33)17-46-19(3)40/h9-10,12-15,18,26,29-31,33H,11,16-17H2,1-8H3,(H2,36,45)(H,37,44)(H,38,39)/b10-9+/t26-,29-,30+,31-,33-/m1/s1. The van der Waals surface area contributed by atoms with Crippen LogP contribution in [0.4, 0.5) is 0 Å². The molecule has 0 radical (unpaired) electrons. The zero-order valence-electron chi connectivity index (χ0n) is 30.0. The zero-order valence-corrected chi connectivity index (χ0v) is 30.8. The molecule has 278 valence electrons. The van der Waals surface area contributed by atoms with Crippen molar-refractivity contribution in [2.24, 2.45) is 5.73 Å². The van der Waals surface area contributed by atoms with Crippen molar-refractivity contribution in [1.29, 1.82) is 0 Å². The highest BCUT2D eigenvalue weighted by molar-refractivity contribution is 8.00. The second kappa shape index (κ2) is 17.9. The Hall–Kier alpha value is -4.86. The second-order valence-electron chi connectivity index (χ2n) is 12.8. The number of primary amides is 1. The highest BCUT2D eigenvalue weighted by atomic mass is 32.2. The van der Waals surface area contributed by atoms with E-state index in [4.69, 9.17) is 29.4 Å². The highest BCUT2D eigenvalue weighted by Crippen LogP contribution is 2.40. The van der Waals surface area contributed by atoms with Gasteiger partial charge in [0.25, 0.3) is 0 Å². The van der Waals surface area contributed by atoms with E-state index in [1.807, 2.05) is 38.1 Å². The Morgan fingerprint density at radius 1 is 0.922 bits per heavy atom. The van der Waals surface area contributed by atoms with Gasteiger partial charge < -0.3 is 34.7 Å². The van der Waals surface area contributed by atoms with Crippen LogP contribution in [-0.4, -0.2) is 87.0 Å². The quantitative estimate of drug-likeness (QED) is 0.178. The number of aromatic amines is 1. The van der Waals surface area contributed by atoms with E-state index < -0.39 is 64.3 Å². The Labute approximate surface area is 300 Å². The average molecular weight is 731 g/mol. The van der Waals surface area contributed by atoms with E-state index in [0.717, 1.165) is 34.1 Å². The molecule has 1 fully saturated rings. The number of nitrogens with one attached hydrogen (secondary N) is 2. The van der Waals surface area contributed by atoms with Crippen molar-refractivity contribution in [2.45, 2.75) is 109 Å². The third kappa shape index (κ3) is 11.9. The maximum Gasteiger partial charge on any atom is 0.303 e. The minimum atomic E-state index is -1.30. The van der Waals surface area contributed by atoms with Gasteiger partial charge in [-0.1, -0.05) is 50.3 Å². The number of carbonyl (C=O) groups excluding carboxylic acids is 6. The smallest absolute Gasteiger partial charge is 0.303 e. The van der Waals surface area contributed by atoms with Gasteiger partial charge in [-0.3, -0.25) is 33.9 Å². The Morgan fingerprint density at radius 3 is 2.06 bits per heavy atom. The summed E-state index contributed by atoms with van der Waals surface area (Å²) in [7, 11) is 0. The maximum atomic E-state index is 12.3. The molecule has 15 nitrogen and oxygen atoms in total. The summed E-state index contributed by atoms with van der Waals surface area (Å²) in [6.45, 7) is 11.6. The normalized spacial score (nSPS) is 20.4. The number of rotatable bonds is 15. The number of ether oxygens (including phenoxy) is 5. The van der Waals surface area contributed by atoms with Gasteiger partial charge in [-0.05, 0) is 30.9 Å². The van der Waals surface area contributed by atoms with Crippen LogP contribution < -0.4 is 15.8 Å². The molecule has 0 bridgehead atoms. The number of hydrogen-bond donors (Lipinski definition) is 3. The Bertz CT molecular complexity index is 1620. The van der Waals surface area contributed by atoms with Gasteiger partial charge in [-0.25, -0.2) is 0 Å². The summed E-state index contributed by atoms with van der Waals surface area (Å²) in [4.78, 5) is 72.1. The van der Waals surface area contributed by atoms with E-state index in [1.165, 1.54) is 41.5 Å². The lowest BCUT2D eigenvalue weighted by atomic mass is 9.98. The van der Waals surface area contributed by atoms with E-state index >= 15 is 0 Å². The van der Waals surface area contributed by atoms with Crippen LogP contribution in [-0.2, 0) is 54.1 Å². The minimum Gasteiger partial charge on any atom is -0.465 e. The Balaban J connectivity index is 1.90. The van der Waals surface area contributed by atoms with Crippen molar-refractivity contribution in [2.75, 3.05) is 6.61 Å². The van der Waals surface area contributed by atoms with Crippen LogP contribution in [0.15, 0.2) is 30.3 Å². The molecule has 0 aliphatic carbocycles. The molecule has 2 aromatic rings. The van der Waals surface area contributed by atoms with Gasteiger partial charge in [0, 0.05) is 51.8 Å². The molecule has 0 saturated carbocycles. The van der Waals surface area contributed by atoms with Crippen LogP contribution in [0, 0.1) is 0 Å². The number of aromatic nitrogens is 2. The molecule has 16 heteroatoms. The van der Waals surface area contributed by atoms with E-state index in [1.54, 1.807) is 12.2 Å². The van der Waals surface area contributed by atoms with Crippen LogP contribution in [0.2, 0.25) is 0 Å². The molecular weight excluding hydrogens is 684 g/mol. The SMILES string of the molecule is CC(=O)OC[C@H]1S[C@@H](Oc2n[nH]c(C(C)C)c2Cc2ccc(/C=C/CC(=O)NC(C)(C)C(N)=O)cc2)[C@H](OC(C)=O)[C@@H](OC(C)=O)[C@@H]1OC(C)=O. The Morgan fingerprint density at radius 2 is 1.51 bits per heavy atom. The molecule has 51 heavy (non-hydrogen) atoms. The number of amides is 2. The molecule has 1 aromatic carbocycles. The number of hydrogen-bond acceptors (Lipinski definition) is 13. The molecule has 2 amide bonds. The van der Waals surface area contributed by atoms with Crippen LogP contribution in [0.1, 0.15) is 90.1 Å². The van der Waals surface area contributed by atoms with Gasteiger partial charge in [0.1, 0.15) is 12.1 Å². The summed E-state index contributed by atoms with van der Waals surface area (Å²) in [6.07, 6.45) is 0.244. The molecule has 0 spiro atoms. The first-order valence-electron chi connectivity index (χ1n) is 16.3. The van der Waals surface area contributed by atoms with Crippen molar-refractivity contribution in [3.8, 4) is 5.88 Å². The largest absolute Gasteiger partial charge is 0.465 e. The highest BCUT2D eigenvalue weighted by Gasteiger charge is 2.53. The number of esters is 4. The van der Waals surface area contributed by atoms with Crippen molar-refractivity contribution in [3.63, 3.8) is 0 Å². The van der Waals surface area contributed by atoms with Gasteiger partial charge in [0.2, 0.25) is 17.7 Å². The number of nitrogens with zero attached hydrogens (tertiary/aromatic N) is 1. The summed E-state index contributed by atoms with van der Waals surface area (Å²) < 4.78 is 28.4. The first-order valence-corrected chi connectivity index (χ1v) is 17.2. The lowest BCUT2D eigenvalue weighted by molar-refractivity contribution is -0.190. The second-order valence-corrected chi connectivity index (χ2v) is 14.2. The van der Waals surface area contributed by atoms with Gasteiger partial charge in [-0.15, -0.1) is 16.9 Å². The number of H-pyrrole nitrogens is 1. The minimum absolute atomic E-state index is 0.0138. The van der Waals surface area contributed by atoms with Gasteiger partial charge in [0.05, 0.1) is 5.25 Å². The fourth-order valence-electron chi connectivity index (χ4n) is 5.21. The molecule has 5 atom stereocenters. The van der Waals surface area contributed by atoms with Crippen molar-refractivity contribution < 1.29 is 52.5 Å². The molecule has 0 unspecified atom stereocenters. The summed E-state index contributed by atoms with van der Waals surface area (Å²) in [5, 5.41) is 9.32. The number of benzene rings is 1. The maximum absolute atomic E-state index is 12.3. The van der Waals surface area contributed by atoms with E-state index in [-0.39, 0.29) is 30.7 Å². The Kier molecular flexibility index (Phi) is 14.2. The van der Waals surface area contributed by atoms with Crippen molar-refractivity contribution in [3.05, 3.63) is 52.7 Å². The molecule has 1 aromatic heterocycles. The number of carbonyl (C=O) groups is 6. The lowest BCUT2D eigenvalue weighted by Gasteiger charge is -2.43. The van der Waals surface area contributed by atoms with Gasteiger partial charge in [-0.2, -0.15) is 0 Å². The monoisotopic (exact) mass is 730 g/mol. The third-order valence-electron chi connectivity index (χ3n) is 7.66. The van der Waals surface area contributed by atoms with E-state index in [9.17, 15) is 28.8 Å². The van der Waals surface area contributed by atoms with Crippen LogP contribution in [0.25, 0.3) is 6.08 Å². The van der Waals surface area contributed by atoms with E-state index in [2.05, 4.69) is 15.5 Å². The summed E-state index contributed by atoms with van der Waals surface area (Å²) in [5.74, 6) is -3.42. The fraction of sp³-hybridized carbons (Fsp3) is 0.514. The predicted molar refractivity (Wildman–Crippen MR) is 186 cm³/mol.